The minimum absolute atomic E-state index is 0.0638. The summed E-state index contributed by atoms with van der Waals surface area (Å²) in [4.78, 5) is 22.5. The van der Waals surface area contributed by atoms with Gasteiger partial charge in [-0.1, -0.05) is 0 Å². The van der Waals surface area contributed by atoms with E-state index in [9.17, 15) is 22.8 Å². The third-order valence-corrected chi connectivity index (χ3v) is 3.33. The Morgan fingerprint density at radius 1 is 1.09 bits per heavy atom. The van der Waals surface area contributed by atoms with Crippen molar-refractivity contribution in [3.63, 3.8) is 0 Å². The number of aromatic carboxylic acids is 1. The zero-order valence-electron chi connectivity index (χ0n) is 11.2. The number of thiophene rings is 1. The molecule has 1 heterocycles. The van der Waals surface area contributed by atoms with Gasteiger partial charge in [0.2, 0.25) is 0 Å². The molecule has 0 fully saturated rings. The Morgan fingerprint density at radius 2 is 1.70 bits per heavy atom. The normalized spacial score (nSPS) is 10.9. The number of amides is 2. The van der Waals surface area contributed by atoms with Crippen LogP contribution in [0.1, 0.15) is 9.67 Å². The molecular formula is C13H9F3N2O4S. The molecule has 0 saturated heterocycles. The number of carboxylic acid groups (broad SMARTS) is 1. The number of halogens is 3. The number of alkyl halides is 3. The maximum Gasteiger partial charge on any atom is 0.573 e. The van der Waals surface area contributed by atoms with Gasteiger partial charge in [0.15, 0.2) is 0 Å². The van der Waals surface area contributed by atoms with Gasteiger partial charge in [0.1, 0.15) is 10.6 Å². The first kappa shape index (κ1) is 16.6. The van der Waals surface area contributed by atoms with E-state index in [1.54, 1.807) is 0 Å². The highest BCUT2D eigenvalue weighted by atomic mass is 32.1. The lowest BCUT2D eigenvalue weighted by atomic mass is 10.3. The summed E-state index contributed by atoms with van der Waals surface area (Å²) in [7, 11) is 0. The number of hydrogen-bond acceptors (Lipinski definition) is 4. The number of ether oxygens (including phenoxy) is 1. The molecule has 1 aromatic carbocycles. The molecule has 122 valence electrons. The Morgan fingerprint density at radius 3 is 2.22 bits per heavy atom. The molecule has 2 aromatic rings. The fourth-order valence-electron chi connectivity index (χ4n) is 1.55. The predicted octanol–water partition coefficient (Wildman–Crippen LogP) is 3.99. The van der Waals surface area contributed by atoms with Crippen molar-refractivity contribution in [3.05, 3.63) is 40.6 Å². The monoisotopic (exact) mass is 346 g/mol. The number of anilines is 2. The highest BCUT2D eigenvalue weighted by Crippen LogP contribution is 2.24. The number of benzene rings is 1. The molecule has 2 rings (SSSR count). The highest BCUT2D eigenvalue weighted by Gasteiger charge is 2.30. The second-order valence-electron chi connectivity index (χ2n) is 4.16. The van der Waals surface area contributed by atoms with Crippen molar-refractivity contribution in [2.75, 3.05) is 10.6 Å². The van der Waals surface area contributed by atoms with Gasteiger partial charge in [0.25, 0.3) is 0 Å². The standard InChI is InChI=1S/C13H9F3N2O4S/c14-13(15,16)22-9-3-1-7(2-4-9)17-12(21)18-8-5-10(11(19)20)23-6-8/h1-6H,(H,19,20)(H2,17,18,21). The van der Waals surface area contributed by atoms with Crippen LogP contribution in [0, 0.1) is 0 Å². The van der Waals surface area contributed by atoms with Crippen LogP contribution in [0.25, 0.3) is 0 Å². The Balaban J connectivity index is 1.93. The van der Waals surface area contributed by atoms with Crippen LogP contribution in [0.4, 0.5) is 29.3 Å². The van der Waals surface area contributed by atoms with E-state index in [4.69, 9.17) is 5.11 Å². The Labute approximate surface area is 131 Å². The minimum atomic E-state index is -4.78. The number of carbonyl (C=O) groups excluding carboxylic acids is 1. The van der Waals surface area contributed by atoms with E-state index in [2.05, 4.69) is 15.4 Å². The minimum Gasteiger partial charge on any atom is -0.477 e. The maximum atomic E-state index is 12.0. The molecule has 23 heavy (non-hydrogen) atoms. The first-order valence-electron chi connectivity index (χ1n) is 5.98. The quantitative estimate of drug-likeness (QED) is 0.781. The Hall–Kier alpha value is -2.75. The molecule has 0 bridgehead atoms. The molecule has 0 aliphatic heterocycles. The molecule has 0 unspecified atom stereocenters. The second-order valence-corrected chi connectivity index (χ2v) is 5.07. The van der Waals surface area contributed by atoms with Crippen molar-refractivity contribution < 1.29 is 32.6 Å². The lowest BCUT2D eigenvalue weighted by molar-refractivity contribution is -0.274. The van der Waals surface area contributed by atoms with E-state index >= 15 is 0 Å². The van der Waals surface area contributed by atoms with Crippen molar-refractivity contribution in [3.8, 4) is 5.75 Å². The molecule has 0 aliphatic carbocycles. The van der Waals surface area contributed by atoms with E-state index < -0.39 is 24.1 Å². The third kappa shape index (κ3) is 5.18. The van der Waals surface area contributed by atoms with Crippen LogP contribution >= 0.6 is 11.3 Å². The van der Waals surface area contributed by atoms with Gasteiger partial charge in [0.05, 0.1) is 5.69 Å². The van der Waals surface area contributed by atoms with Gasteiger partial charge in [-0.2, -0.15) is 0 Å². The largest absolute Gasteiger partial charge is 0.573 e. The number of rotatable bonds is 4. The smallest absolute Gasteiger partial charge is 0.477 e. The topological polar surface area (TPSA) is 87.7 Å². The van der Waals surface area contributed by atoms with Gasteiger partial charge in [-0.3, -0.25) is 0 Å². The van der Waals surface area contributed by atoms with E-state index in [1.807, 2.05) is 0 Å². The van der Waals surface area contributed by atoms with Gasteiger partial charge in [0, 0.05) is 11.1 Å². The van der Waals surface area contributed by atoms with Crippen LogP contribution in [-0.2, 0) is 0 Å². The van der Waals surface area contributed by atoms with Crippen LogP contribution in [0.3, 0.4) is 0 Å². The fourth-order valence-corrected chi connectivity index (χ4v) is 2.22. The molecule has 2 amide bonds. The summed E-state index contributed by atoms with van der Waals surface area (Å²) in [6.45, 7) is 0. The van der Waals surface area contributed by atoms with Gasteiger partial charge in [-0.15, -0.1) is 24.5 Å². The molecule has 6 nitrogen and oxygen atoms in total. The summed E-state index contributed by atoms with van der Waals surface area (Å²) >= 11 is 0.948. The van der Waals surface area contributed by atoms with E-state index in [0.29, 0.717) is 5.69 Å². The number of urea groups is 1. The lowest BCUT2D eigenvalue weighted by Crippen LogP contribution is -2.19. The number of hydrogen-bond donors (Lipinski definition) is 3. The molecule has 3 N–H and O–H groups in total. The van der Waals surface area contributed by atoms with Crippen molar-refractivity contribution >= 4 is 34.7 Å². The predicted molar refractivity (Wildman–Crippen MR) is 77.0 cm³/mol. The molecule has 0 atom stereocenters. The van der Waals surface area contributed by atoms with Gasteiger partial charge in [-0.05, 0) is 30.3 Å². The molecule has 0 spiro atoms. The number of nitrogens with one attached hydrogen (secondary N) is 2. The number of carboxylic acids is 1. The van der Waals surface area contributed by atoms with Crippen molar-refractivity contribution in [2.45, 2.75) is 6.36 Å². The first-order chi connectivity index (χ1) is 10.7. The summed E-state index contributed by atoms with van der Waals surface area (Å²) in [5.74, 6) is -1.52. The van der Waals surface area contributed by atoms with Crippen LogP contribution in [0.15, 0.2) is 35.7 Å². The summed E-state index contributed by atoms with van der Waals surface area (Å²) in [6.07, 6.45) is -4.78. The summed E-state index contributed by atoms with van der Waals surface area (Å²) < 4.78 is 39.7. The van der Waals surface area contributed by atoms with Crippen LogP contribution in [-0.4, -0.2) is 23.5 Å². The molecule has 0 aliphatic rings. The summed E-state index contributed by atoms with van der Waals surface area (Å²) in [5, 5.41) is 15.0. The first-order valence-corrected chi connectivity index (χ1v) is 6.86. The van der Waals surface area contributed by atoms with Crippen LogP contribution in [0.5, 0.6) is 5.75 Å². The molecule has 0 radical (unpaired) electrons. The lowest BCUT2D eigenvalue weighted by Gasteiger charge is -2.10. The Kier molecular flexibility index (Phi) is 4.74. The zero-order chi connectivity index (χ0) is 17.0. The second kappa shape index (κ2) is 6.57. The van der Waals surface area contributed by atoms with Crippen LogP contribution < -0.4 is 15.4 Å². The van der Waals surface area contributed by atoms with E-state index in [1.165, 1.54) is 23.6 Å². The van der Waals surface area contributed by atoms with Crippen molar-refractivity contribution in [1.82, 2.24) is 0 Å². The maximum absolute atomic E-state index is 12.0. The summed E-state index contributed by atoms with van der Waals surface area (Å²) in [5.41, 5.74) is 0.535. The van der Waals surface area contributed by atoms with Gasteiger partial charge in [-0.25, -0.2) is 9.59 Å². The van der Waals surface area contributed by atoms with Crippen molar-refractivity contribution in [1.29, 1.82) is 0 Å². The van der Waals surface area contributed by atoms with Gasteiger partial charge >= 0.3 is 18.4 Å². The van der Waals surface area contributed by atoms with E-state index in [0.717, 1.165) is 23.5 Å². The molecule has 0 saturated carbocycles. The number of carbonyl (C=O) groups is 2. The molecule has 10 heteroatoms. The summed E-state index contributed by atoms with van der Waals surface area (Å²) in [6, 6.07) is 5.19. The molecule has 1 aromatic heterocycles. The fraction of sp³-hybridized carbons (Fsp3) is 0.0769. The Bertz CT molecular complexity index is 713. The van der Waals surface area contributed by atoms with Crippen molar-refractivity contribution in [2.24, 2.45) is 0 Å². The SMILES string of the molecule is O=C(Nc1ccc(OC(F)(F)F)cc1)Nc1csc(C(=O)O)c1. The zero-order valence-corrected chi connectivity index (χ0v) is 12.0. The average molecular weight is 346 g/mol. The average Bonchev–Trinajstić information content (AvgIpc) is 2.88. The molecular weight excluding hydrogens is 337 g/mol. The third-order valence-electron chi connectivity index (χ3n) is 2.41. The van der Waals surface area contributed by atoms with Gasteiger partial charge < -0.3 is 20.5 Å². The van der Waals surface area contributed by atoms with Crippen LogP contribution in [0.2, 0.25) is 0 Å². The highest BCUT2D eigenvalue weighted by molar-refractivity contribution is 7.12. The van der Waals surface area contributed by atoms with E-state index in [-0.39, 0.29) is 10.6 Å².